The van der Waals surface area contributed by atoms with E-state index >= 15 is 0 Å². The van der Waals surface area contributed by atoms with E-state index in [2.05, 4.69) is 61.8 Å². The monoisotopic (exact) mass is 542 g/mol. The van der Waals surface area contributed by atoms with Crippen molar-refractivity contribution < 1.29 is 4.39 Å². The second-order valence-corrected chi connectivity index (χ2v) is 10.5. The van der Waals surface area contributed by atoms with Crippen LogP contribution in [0.2, 0.25) is 0 Å². The number of nitrogens with zero attached hydrogens (tertiary/aromatic N) is 4. The molecule has 32 heavy (non-hydrogen) atoms. The van der Waals surface area contributed by atoms with Gasteiger partial charge >= 0.3 is 0 Å². The minimum absolute atomic E-state index is 0.211. The van der Waals surface area contributed by atoms with Crippen molar-refractivity contribution in [3.63, 3.8) is 0 Å². The van der Waals surface area contributed by atoms with Crippen molar-refractivity contribution in [3.05, 3.63) is 51.7 Å². The normalized spacial score (nSPS) is 25.1. The van der Waals surface area contributed by atoms with Gasteiger partial charge in [-0.25, -0.2) is 19.3 Å². The highest BCUT2D eigenvalue weighted by Gasteiger charge is 2.44. The summed E-state index contributed by atoms with van der Waals surface area (Å²) in [5.74, 6) is 2.43. The van der Waals surface area contributed by atoms with E-state index in [1.165, 1.54) is 24.7 Å². The van der Waals surface area contributed by atoms with Crippen LogP contribution in [-0.4, -0.2) is 19.5 Å². The summed E-state index contributed by atoms with van der Waals surface area (Å²) in [5, 5.41) is 1.47. The minimum atomic E-state index is -0.329. The average molecular weight is 542 g/mol. The fraction of sp³-hybridized carbons (Fsp3) is 0.375. The van der Waals surface area contributed by atoms with Gasteiger partial charge in [0.2, 0.25) is 0 Å². The third kappa shape index (κ3) is 3.22. The lowest BCUT2D eigenvalue weighted by Gasteiger charge is -2.20. The van der Waals surface area contributed by atoms with Crippen molar-refractivity contribution in [2.45, 2.75) is 38.1 Å². The molecule has 2 aliphatic rings. The number of halogens is 2. The lowest BCUT2D eigenvalue weighted by atomic mass is 9.87. The van der Waals surface area contributed by atoms with Crippen molar-refractivity contribution in [1.82, 2.24) is 19.5 Å². The maximum atomic E-state index is 14.6. The van der Waals surface area contributed by atoms with Crippen LogP contribution in [-0.2, 0) is 6.42 Å². The number of fused-ring (bicyclic) bond motifs is 3. The fourth-order valence-corrected chi connectivity index (χ4v) is 6.59. The van der Waals surface area contributed by atoms with E-state index < -0.39 is 0 Å². The molecule has 4 aromatic rings. The van der Waals surface area contributed by atoms with Crippen LogP contribution in [0.3, 0.4) is 0 Å². The van der Waals surface area contributed by atoms with Gasteiger partial charge in [0.1, 0.15) is 23.6 Å². The zero-order chi connectivity index (χ0) is 22.0. The Morgan fingerprint density at radius 3 is 2.84 bits per heavy atom. The molecule has 1 aromatic carbocycles. The van der Waals surface area contributed by atoms with Crippen LogP contribution >= 0.6 is 22.6 Å². The van der Waals surface area contributed by atoms with E-state index in [9.17, 15) is 4.39 Å². The third-order valence-electron chi connectivity index (χ3n) is 7.58. The van der Waals surface area contributed by atoms with E-state index in [1.54, 1.807) is 6.20 Å². The molecule has 4 atom stereocenters. The molecule has 3 heterocycles. The molecule has 3 aromatic heterocycles. The number of aromatic nitrogens is 4. The van der Waals surface area contributed by atoms with Gasteiger partial charge in [0, 0.05) is 17.6 Å². The van der Waals surface area contributed by atoms with Crippen LogP contribution < -0.4 is 11.5 Å². The van der Waals surface area contributed by atoms with Gasteiger partial charge in [-0.1, -0.05) is 12.1 Å². The maximum absolute atomic E-state index is 14.6. The minimum Gasteiger partial charge on any atom is -0.383 e. The second kappa shape index (κ2) is 7.54. The number of anilines is 2. The summed E-state index contributed by atoms with van der Waals surface area (Å²) in [4.78, 5) is 12.9. The molecule has 8 heteroatoms. The Hall–Kier alpha value is -2.49. The molecule has 4 N–H and O–H groups in total. The molecular weight excluding hydrogens is 518 g/mol. The molecule has 0 saturated heterocycles. The van der Waals surface area contributed by atoms with Crippen LogP contribution in [0, 0.1) is 27.1 Å². The van der Waals surface area contributed by atoms with Gasteiger partial charge in [-0.2, -0.15) is 0 Å². The van der Waals surface area contributed by atoms with Crippen LogP contribution in [0.15, 0.2) is 36.8 Å². The number of benzene rings is 1. The lowest BCUT2D eigenvalue weighted by Crippen LogP contribution is -2.13. The first-order chi connectivity index (χ1) is 15.5. The number of nitrogen functional groups attached to an aromatic ring is 2. The van der Waals surface area contributed by atoms with Gasteiger partial charge in [0.15, 0.2) is 5.82 Å². The van der Waals surface area contributed by atoms with E-state index in [-0.39, 0.29) is 17.7 Å². The van der Waals surface area contributed by atoms with E-state index in [0.717, 1.165) is 33.7 Å². The topological polar surface area (TPSA) is 95.6 Å². The van der Waals surface area contributed by atoms with Crippen molar-refractivity contribution in [3.8, 4) is 0 Å². The quantitative estimate of drug-likeness (QED) is 0.351. The summed E-state index contributed by atoms with van der Waals surface area (Å²) in [6, 6.07) is 8.92. The first kappa shape index (κ1) is 20.1. The summed E-state index contributed by atoms with van der Waals surface area (Å²) >= 11 is 2.23. The van der Waals surface area contributed by atoms with Gasteiger partial charge in [-0.3, -0.25) is 0 Å². The zero-order valence-electron chi connectivity index (χ0n) is 17.5. The van der Waals surface area contributed by atoms with E-state index in [0.29, 0.717) is 34.6 Å². The van der Waals surface area contributed by atoms with Crippen molar-refractivity contribution in [2.24, 2.45) is 17.8 Å². The molecule has 0 bridgehead atoms. The van der Waals surface area contributed by atoms with Crippen molar-refractivity contribution in [1.29, 1.82) is 0 Å². The van der Waals surface area contributed by atoms with E-state index in [4.69, 9.17) is 11.5 Å². The molecule has 0 aliphatic heterocycles. The molecular formula is C24H24FIN6. The predicted octanol–water partition coefficient (Wildman–Crippen LogP) is 5.11. The summed E-state index contributed by atoms with van der Waals surface area (Å²) in [6.45, 7) is 0. The number of nitrogens with two attached hydrogens (primary N) is 2. The van der Waals surface area contributed by atoms with Crippen LogP contribution in [0.25, 0.3) is 21.9 Å². The third-order valence-corrected chi connectivity index (χ3v) is 8.45. The zero-order valence-corrected chi connectivity index (χ0v) is 19.7. The maximum Gasteiger partial charge on any atom is 0.154 e. The highest BCUT2D eigenvalue weighted by molar-refractivity contribution is 14.1. The Morgan fingerprint density at radius 1 is 1.09 bits per heavy atom. The Bertz CT molecular complexity index is 1350. The van der Waals surface area contributed by atoms with Gasteiger partial charge in [-0.05, 0) is 90.1 Å². The standard InChI is InChI=1S/C24H24FIN6/c25-18-10-32(24-21(18)23(28)29-11-30-24)16-7-14-4-3-13(17(14)9-16)5-12-1-2-15-8-19(26)22(27)31-20(15)6-12/h1-2,6,8,10-11,13-14,16-17H,3-5,7,9H2,(H2,27,31)(H2,28,29,30)/t13-,14?,16-,17+/m0/s1. The lowest BCUT2D eigenvalue weighted by molar-refractivity contribution is 0.343. The summed E-state index contributed by atoms with van der Waals surface area (Å²) in [6.07, 6.45) is 8.65. The number of hydrogen-bond acceptors (Lipinski definition) is 5. The van der Waals surface area contributed by atoms with Gasteiger partial charge in [0.05, 0.1) is 14.5 Å². The Morgan fingerprint density at radius 2 is 1.97 bits per heavy atom. The van der Waals surface area contributed by atoms with Crippen LogP contribution in [0.5, 0.6) is 0 Å². The smallest absolute Gasteiger partial charge is 0.154 e. The molecule has 6 rings (SSSR count). The molecule has 1 unspecified atom stereocenters. The molecule has 0 amide bonds. The molecule has 2 aliphatic carbocycles. The summed E-state index contributed by atoms with van der Waals surface area (Å²) in [5.41, 5.74) is 14.8. The van der Waals surface area contributed by atoms with Gasteiger partial charge in [-0.15, -0.1) is 0 Å². The SMILES string of the molecule is Nc1nc2cc(C[C@@H]3CCC4C[C@H](n5cc(F)c6c(N)ncnc65)C[C@@H]43)ccc2cc1I. The summed E-state index contributed by atoms with van der Waals surface area (Å²) in [7, 11) is 0. The second-order valence-electron chi connectivity index (χ2n) is 9.32. The van der Waals surface area contributed by atoms with Crippen molar-refractivity contribution in [2.75, 3.05) is 11.5 Å². The van der Waals surface area contributed by atoms with Gasteiger partial charge < -0.3 is 16.0 Å². The number of pyridine rings is 1. The Kier molecular flexibility index (Phi) is 4.74. The van der Waals surface area contributed by atoms with E-state index in [1.807, 2.05) is 4.57 Å². The average Bonchev–Trinajstić information content (AvgIpc) is 3.44. The molecule has 0 spiro atoms. The first-order valence-electron chi connectivity index (χ1n) is 11.1. The summed E-state index contributed by atoms with van der Waals surface area (Å²) < 4.78 is 17.5. The highest BCUT2D eigenvalue weighted by Crippen LogP contribution is 2.53. The van der Waals surface area contributed by atoms with Crippen LogP contribution in [0.4, 0.5) is 16.0 Å². The van der Waals surface area contributed by atoms with Gasteiger partial charge in [0.25, 0.3) is 0 Å². The number of hydrogen-bond donors (Lipinski definition) is 2. The molecule has 164 valence electrons. The van der Waals surface area contributed by atoms with Crippen molar-refractivity contribution >= 4 is 56.2 Å². The fourth-order valence-electron chi connectivity index (χ4n) is 6.13. The first-order valence-corrected chi connectivity index (χ1v) is 12.2. The largest absolute Gasteiger partial charge is 0.383 e. The Labute approximate surface area is 198 Å². The predicted molar refractivity (Wildman–Crippen MR) is 132 cm³/mol. The Balaban J connectivity index is 1.24. The van der Waals surface area contributed by atoms with Crippen LogP contribution in [0.1, 0.15) is 37.3 Å². The molecule has 6 nitrogen and oxygen atoms in total. The molecule has 2 fully saturated rings. The molecule has 2 saturated carbocycles. The number of rotatable bonds is 3. The highest BCUT2D eigenvalue weighted by atomic mass is 127. The molecule has 0 radical (unpaired) electrons.